The van der Waals surface area contributed by atoms with Gasteiger partial charge in [0.15, 0.2) is 0 Å². The molecule has 1 aromatic carbocycles. The van der Waals surface area contributed by atoms with E-state index in [-0.39, 0.29) is 18.4 Å². The van der Waals surface area contributed by atoms with Crippen LogP contribution in [0.25, 0.3) is 23.0 Å². The van der Waals surface area contributed by atoms with Gasteiger partial charge in [0.1, 0.15) is 5.69 Å². The Balaban J connectivity index is 1.86. The van der Waals surface area contributed by atoms with Crippen molar-refractivity contribution in [2.75, 3.05) is 20.6 Å². The molecule has 0 fully saturated rings. The van der Waals surface area contributed by atoms with Gasteiger partial charge in [-0.15, -0.1) is 0 Å². The Morgan fingerprint density at radius 3 is 2.61 bits per heavy atom. The molecule has 3 rings (SSSR count). The largest absolute Gasteiger partial charge is 0.347 e. The molecule has 2 aromatic heterocycles. The zero-order chi connectivity index (χ0) is 19.9. The van der Waals surface area contributed by atoms with E-state index in [1.807, 2.05) is 48.7 Å². The highest BCUT2D eigenvalue weighted by Crippen LogP contribution is 2.24. The van der Waals surface area contributed by atoms with Crippen molar-refractivity contribution < 1.29 is 9.59 Å². The molecular formula is C21H21N5O2. The van der Waals surface area contributed by atoms with Gasteiger partial charge >= 0.3 is 0 Å². The third kappa shape index (κ3) is 4.70. The van der Waals surface area contributed by atoms with E-state index >= 15 is 0 Å². The van der Waals surface area contributed by atoms with E-state index in [0.29, 0.717) is 5.69 Å². The van der Waals surface area contributed by atoms with Gasteiger partial charge in [-0.2, -0.15) is 5.10 Å². The molecule has 28 heavy (non-hydrogen) atoms. The number of aromatic nitrogens is 3. The van der Waals surface area contributed by atoms with Crippen molar-refractivity contribution in [3.8, 4) is 16.9 Å². The van der Waals surface area contributed by atoms with Gasteiger partial charge in [0.25, 0.3) is 0 Å². The van der Waals surface area contributed by atoms with E-state index < -0.39 is 0 Å². The van der Waals surface area contributed by atoms with Crippen LogP contribution in [0, 0.1) is 0 Å². The van der Waals surface area contributed by atoms with Crippen LogP contribution >= 0.6 is 0 Å². The van der Waals surface area contributed by atoms with Crippen molar-refractivity contribution in [1.82, 2.24) is 25.0 Å². The van der Waals surface area contributed by atoms with Crippen LogP contribution in [-0.4, -0.2) is 52.1 Å². The fourth-order valence-corrected chi connectivity index (χ4v) is 2.49. The van der Waals surface area contributed by atoms with Crippen molar-refractivity contribution in [2.24, 2.45) is 0 Å². The molecule has 1 N–H and O–H groups in total. The van der Waals surface area contributed by atoms with Crippen LogP contribution in [0.5, 0.6) is 0 Å². The number of pyridine rings is 1. The van der Waals surface area contributed by atoms with Crippen molar-refractivity contribution in [3.63, 3.8) is 0 Å². The van der Waals surface area contributed by atoms with Gasteiger partial charge in [-0.3, -0.25) is 14.6 Å². The van der Waals surface area contributed by atoms with Crippen LogP contribution in [0.15, 0.2) is 67.1 Å². The number of carbonyl (C=O) groups is 2. The number of rotatable bonds is 6. The number of nitrogens with zero attached hydrogens (tertiary/aromatic N) is 4. The van der Waals surface area contributed by atoms with Gasteiger partial charge in [-0.1, -0.05) is 18.2 Å². The summed E-state index contributed by atoms with van der Waals surface area (Å²) >= 11 is 0. The summed E-state index contributed by atoms with van der Waals surface area (Å²) in [4.78, 5) is 29.2. The summed E-state index contributed by atoms with van der Waals surface area (Å²) in [5, 5.41) is 7.23. The minimum absolute atomic E-state index is 0.0467. The van der Waals surface area contributed by atoms with Crippen LogP contribution in [0.2, 0.25) is 0 Å². The highest BCUT2D eigenvalue weighted by atomic mass is 16.2. The molecule has 0 spiro atoms. The Morgan fingerprint density at radius 1 is 1.14 bits per heavy atom. The SMILES string of the molecule is CN(C)C(=O)CNC(=O)/C=C/c1cn(-c2ccccc2)nc1-c1cccnc1. The first-order chi connectivity index (χ1) is 13.5. The smallest absolute Gasteiger partial charge is 0.244 e. The number of amides is 2. The molecule has 7 heteroatoms. The number of carbonyl (C=O) groups excluding carboxylic acids is 2. The Kier molecular flexibility index (Phi) is 5.96. The number of likely N-dealkylation sites (N-methyl/N-ethyl adjacent to an activating group) is 1. The molecule has 0 aliphatic heterocycles. The lowest BCUT2D eigenvalue weighted by molar-refractivity contribution is -0.129. The van der Waals surface area contributed by atoms with E-state index in [9.17, 15) is 9.59 Å². The lowest BCUT2D eigenvalue weighted by Crippen LogP contribution is -2.35. The van der Waals surface area contributed by atoms with Gasteiger partial charge in [0, 0.05) is 49.9 Å². The first kappa shape index (κ1) is 19.0. The van der Waals surface area contributed by atoms with Crippen LogP contribution in [0.1, 0.15) is 5.56 Å². The molecule has 0 unspecified atom stereocenters. The maximum absolute atomic E-state index is 12.1. The number of hydrogen-bond donors (Lipinski definition) is 1. The number of benzene rings is 1. The number of nitrogens with one attached hydrogen (secondary N) is 1. The van der Waals surface area contributed by atoms with Crippen LogP contribution < -0.4 is 5.32 Å². The van der Waals surface area contributed by atoms with Gasteiger partial charge in [0.2, 0.25) is 11.8 Å². The summed E-state index contributed by atoms with van der Waals surface area (Å²) in [6.45, 7) is -0.0467. The molecule has 2 heterocycles. The molecule has 2 amide bonds. The third-order valence-corrected chi connectivity index (χ3v) is 4.03. The molecule has 0 aliphatic rings. The zero-order valence-electron chi connectivity index (χ0n) is 15.7. The average Bonchev–Trinajstić information content (AvgIpc) is 3.16. The monoisotopic (exact) mass is 375 g/mol. The molecular weight excluding hydrogens is 354 g/mol. The summed E-state index contributed by atoms with van der Waals surface area (Å²) in [5.41, 5.74) is 3.24. The first-order valence-corrected chi connectivity index (χ1v) is 8.76. The molecule has 7 nitrogen and oxygen atoms in total. The highest BCUT2D eigenvalue weighted by Gasteiger charge is 2.11. The Hall–Kier alpha value is -3.74. The zero-order valence-corrected chi connectivity index (χ0v) is 15.7. The van der Waals surface area contributed by atoms with E-state index in [4.69, 9.17) is 0 Å². The van der Waals surface area contributed by atoms with Crippen LogP contribution in [-0.2, 0) is 9.59 Å². The van der Waals surface area contributed by atoms with Crippen molar-refractivity contribution in [3.05, 3.63) is 72.7 Å². The summed E-state index contributed by atoms with van der Waals surface area (Å²) in [7, 11) is 3.28. The summed E-state index contributed by atoms with van der Waals surface area (Å²) in [5.74, 6) is -0.519. The topological polar surface area (TPSA) is 80.1 Å². The predicted octanol–water partition coefficient (Wildman–Crippen LogP) is 2.15. The molecule has 142 valence electrons. The van der Waals surface area contributed by atoms with Gasteiger partial charge in [-0.05, 0) is 30.3 Å². The number of para-hydroxylation sites is 1. The summed E-state index contributed by atoms with van der Waals surface area (Å²) < 4.78 is 1.76. The Bertz CT molecular complexity index is 979. The van der Waals surface area contributed by atoms with Crippen molar-refractivity contribution in [2.45, 2.75) is 0 Å². The first-order valence-electron chi connectivity index (χ1n) is 8.76. The molecule has 0 saturated carbocycles. The van der Waals surface area contributed by atoms with Crippen LogP contribution in [0.3, 0.4) is 0 Å². The second kappa shape index (κ2) is 8.77. The maximum Gasteiger partial charge on any atom is 0.244 e. The molecule has 0 aliphatic carbocycles. The molecule has 0 bridgehead atoms. The highest BCUT2D eigenvalue weighted by molar-refractivity contribution is 5.95. The molecule has 0 saturated heterocycles. The predicted molar refractivity (Wildman–Crippen MR) is 108 cm³/mol. The fraction of sp³-hybridized carbons (Fsp3) is 0.143. The average molecular weight is 375 g/mol. The van der Waals surface area contributed by atoms with E-state index in [2.05, 4.69) is 15.4 Å². The number of hydrogen-bond acceptors (Lipinski definition) is 4. The Labute approximate surface area is 163 Å². The standard InChI is InChI=1S/C21H21N5O2/c1-25(2)20(28)14-23-19(27)11-10-17-15-26(18-8-4-3-5-9-18)24-21(17)16-7-6-12-22-13-16/h3-13,15H,14H2,1-2H3,(H,23,27)/b11-10+. The summed E-state index contributed by atoms with van der Waals surface area (Å²) in [6.07, 6.45) is 8.36. The second-order valence-corrected chi connectivity index (χ2v) is 6.29. The van der Waals surface area contributed by atoms with Gasteiger partial charge in [-0.25, -0.2) is 4.68 Å². The van der Waals surface area contributed by atoms with Crippen LogP contribution in [0.4, 0.5) is 0 Å². The lowest BCUT2D eigenvalue weighted by Gasteiger charge is -2.09. The van der Waals surface area contributed by atoms with E-state index in [0.717, 1.165) is 16.8 Å². The van der Waals surface area contributed by atoms with Gasteiger partial charge < -0.3 is 10.2 Å². The fourth-order valence-electron chi connectivity index (χ4n) is 2.49. The Morgan fingerprint density at radius 2 is 1.93 bits per heavy atom. The van der Waals surface area contributed by atoms with Gasteiger partial charge in [0.05, 0.1) is 12.2 Å². The molecule has 3 aromatic rings. The van der Waals surface area contributed by atoms with E-state index in [1.54, 1.807) is 37.2 Å². The minimum atomic E-state index is -0.347. The lowest BCUT2D eigenvalue weighted by atomic mass is 10.1. The van der Waals surface area contributed by atoms with Crippen molar-refractivity contribution >= 4 is 17.9 Å². The van der Waals surface area contributed by atoms with Crippen molar-refractivity contribution in [1.29, 1.82) is 0 Å². The molecule has 0 atom stereocenters. The second-order valence-electron chi connectivity index (χ2n) is 6.29. The normalized spacial score (nSPS) is 10.8. The third-order valence-electron chi connectivity index (χ3n) is 4.03. The van der Waals surface area contributed by atoms with E-state index in [1.165, 1.54) is 11.0 Å². The minimum Gasteiger partial charge on any atom is -0.347 e. The summed E-state index contributed by atoms with van der Waals surface area (Å²) in [6, 6.07) is 13.5. The maximum atomic E-state index is 12.1. The molecule has 0 radical (unpaired) electrons. The quantitative estimate of drug-likeness (QED) is 0.670.